The van der Waals surface area contributed by atoms with Crippen molar-refractivity contribution in [2.75, 3.05) is 7.05 Å². The number of para-hydroxylation sites is 1. The molecular formula is C22H21N5O. The number of nitrogens with zero attached hydrogens (tertiary/aromatic N) is 5. The van der Waals surface area contributed by atoms with E-state index in [4.69, 9.17) is 0 Å². The fourth-order valence-corrected chi connectivity index (χ4v) is 4.07. The van der Waals surface area contributed by atoms with Gasteiger partial charge in [0.2, 0.25) is 0 Å². The van der Waals surface area contributed by atoms with E-state index in [1.54, 1.807) is 10.9 Å². The molecule has 0 unspecified atom stereocenters. The molecule has 0 radical (unpaired) electrons. The van der Waals surface area contributed by atoms with Crippen LogP contribution in [0.4, 0.5) is 0 Å². The highest BCUT2D eigenvalue weighted by molar-refractivity contribution is 5.76. The Morgan fingerprint density at radius 1 is 1.11 bits per heavy atom. The van der Waals surface area contributed by atoms with Crippen molar-refractivity contribution >= 4 is 10.9 Å². The molecule has 6 heteroatoms. The molecule has 6 nitrogen and oxygen atoms in total. The molecule has 0 saturated heterocycles. The number of benzene rings is 2. The summed E-state index contributed by atoms with van der Waals surface area (Å²) in [6.45, 7) is 0.436. The highest BCUT2D eigenvalue weighted by Crippen LogP contribution is 2.34. The monoisotopic (exact) mass is 371 g/mol. The van der Waals surface area contributed by atoms with Crippen LogP contribution in [0.5, 0.6) is 0 Å². The van der Waals surface area contributed by atoms with Crippen molar-refractivity contribution < 1.29 is 0 Å². The molecule has 0 fully saturated rings. The van der Waals surface area contributed by atoms with Gasteiger partial charge in [-0.05, 0) is 43.1 Å². The summed E-state index contributed by atoms with van der Waals surface area (Å²) in [5.41, 5.74) is 3.96. The molecule has 0 aliphatic heterocycles. The van der Waals surface area contributed by atoms with Gasteiger partial charge in [0.15, 0.2) is 5.52 Å². The van der Waals surface area contributed by atoms with E-state index in [2.05, 4.69) is 39.4 Å². The van der Waals surface area contributed by atoms with Gasteiger partial charge in [0, 0.05) is 17.6 Å². The third kappa shape index (κ3) is 2.82. The molecule has 0 spiro atoms. The minimum Gasteiger partial charge on any atom is -0.280 e. The summed E-state index contributed by atoms with van der Waals surface area (Å²) in [6.07, 6.45) is 5.71. The zero-order valence-corrected chi connectivity index (χ0v) is 15.7. The molecule has 140 valence electrons. The Balaban J connectivity index is 1.45. The van der Waals surface area contributed by atoms with E-state index < -0.39 is 0 Å². The standard InChI is InChI=1S/C22H21N5O/c1-25(20-12-11-16-7-5-6-10-19(16)20)15-27-22(28)21-17(13-23-27)14-26(24-21)18-8-3-2-4-9-18/h2-10,13-14,20H,11-12,15H2,1H3/t20-/m1/s1. The molecule has 2 aromatic carbocycles. The smallest absolute Gasteiger partial charge is 0.280 e. The lowest BCUT2D eigenvalue weighted by molar-refractivity contribution is 0.180. The molecule has 0 N–H and O–H groups in total. The second kappa shape index (κ2) is 6.73. The highest BCUT2D eigenvalue weighted by atomic mass is 16.1. The van der Waals surface area contributed by atoms with Crippen LogP contribution in [0.2, 0.25) is 0 Å². The van der Waals surface area contributed by atoms with Gasteiger partial charge in [0.05, 0.1) is 18.6 Å². The summed E-state index contributed by atoms with van der Waals surface area (Å²) in [5, 5.41) is 9.65. The summed E-state index contributed by atoms with van der Waals surface area (Å²) in [7, 11) is 2.05. The number of hydrogen-bond acceptors (Lipinski definition) is 4. The van der Waals surface area contributed by atoms with Crippen LogP contribution in [0.1, 0.15) is 23.6 Å². The second-order valence-electron chi connectivity index (χ2n) is 7.31. The maximum Gasteiger partial charge on any atom is 0.296 e. The van der Waals surface area contributed by atoms with Gasteiger partial charge in [-0.2, -0.15) is 10.2 Å². The molecule has 2 aromatic heterocycles. The summed E-state index contributed by atoms with van der Waals surface area (Å²) in [5.74, 6) is 0. The van der Waals surface area contributed by atoms with Crippen molar-refractivity contribution in [3.05, 3.63) is 88.5 Å². The number of rotatable bonds is 4. The van der Waals surface area contributed by atoms with Crippen molar-refractivity contribution in [2.24, 2.45) is 0 Å². The quantitative estimate of drug-likeness (QED) is 0.553. The fourth-order valence-electron chi connectivity index (χ4n) is 4.07. The van der Waals surface area contributed by atoms with Crippen LogP contribution in [0.15, 0.2) is 71.8 Å². The largest absolute Gasteiger partial charge is 0.296 e. The first-order valence-electron chi connectivity index (χ1n) is 9.50. The van der Waals surface area contributed by atoms with Crippen LogP contribution < -0.4 is 5.56 Å². The summed E-state index contributed by atoms with van der Waals surface area (Å²) < 4.78 is 3.24. The molecular weight excluding hydrogens is 350 g/mol. The Hall–Kier alpha value is -3.25. The molecule has 1 aliphatic carbocycles. The molecule has 5 rings (SSSR count). The third-order valence-corrected chi connectivity index (χ3v) is 5.53. The lowest BCUT2D eigenvalue weighted by Gasteiger charge is -2.25. The topological polar surface area (TPSA) is 56.0 Å². The Morgan fingerprint density at radius 2 is 1.89 bits per heavy atom. The lowest BCUT2D eigenvalue weighted by atomic mass is 10.1. The van der Waals surface area contributed by atoms with E-state index in [0.29, 0.717) is 18.2 Å². The number of fused-ring (bicyclic) bond motifs is 2. The van der Waals surface area contributed by atoms with Crippen molar-refractivity contribution in [1.29, 1.82) is 0 Å². The van der Waals surface area contributed by atoms with Gasteiger partial charge in [0.1, 0.15) is 0 Å². The van der Waals surface area contributed by atoms with Crippen molar-refractivity contribution in [2.45, 2.75) is 25.6 Å². The second-order valence-corrected chi connectivity index (χ2v) is 7.31. The van der Waals surface area contributed by atoms with Crippen LogP contribution in [0.25, 0.3) is 16.6 Å². The molecule has 2 heterocycles. The lowest BCUT2D eigenvalue weighted by Crippen LogP contribution is -2.33. The first-order valence-corrected chi connectivity index (χ1v) is 9.50. The molecule has 0 bridgehead atoms. The Bertz CT molecular complexity index is 1190. The van der Waals surface area contributed by atoms with E-state index in [-0.39, 0.29) is 5.56 Å². The average Bonchev–Trinajstić information content (AvgIpc) is 3.35. The van der Waals surface area contributed by atoms with Gasteiger partial charge < -0.3 is 0 Å². The Kier molecular flexibility index (Phi) is 4.06. The predicted octanol–water partition coefficient (Wildman–Crippen LogP) is 3.16. The van der Waals surface area contributed by atoms with E-state index >= 15 is 0 Å². The zero-order chi connectivity index (χ0) is 19.1. The first kappa shape index (κ1) is 16.9. The van der Waals surface area contributed by atoms with Gasteiger partial charge in [0.25, 0.3) is 5.56 Å². The van der Waals surface area contributed by atoms with Crippen molar-refractivity contribution in [3.63, 3.8) is 0 Å². The Labute approximate surface area is 162 Å². The van der Waals surface area contributed by atoms with Crippen LogP contribution in [0.3, 0.4) is 0 Å². The van der Waals surface area contributed by atoms with E-state index in [9.17, 15) is 4.79 Å². The zero-order valence-electron chi connectivity index (χ0n) is 15.7. The summed E-state index contributed by atoms with van der Waals surface area (Å²) in [4.78, 5) is 15.2. The third-order valence-electron chi connectivity index (χ3n) is 5.53. The van der Waals surface area contributed by atoms with Gasteiger partial charge in [-0.3, -0.25) is 9.69 Å². The van der Waals surface area contributed by atoms with Gasteiger partial charge >= 0.3 is 0 Å². The van der Waals surface area contributed by atoms with E-state index in [1.807, 2.05) is 43.6 Å². The number of aryl methyl sites for hydroxylation is 1. The predicted molar refractivity (Wildman–Crippen MR) is 108 cm³/mol. The van der Waals surface area contributed by atoms with Gasteiger partial charge in [-0.1, -0.05) is 42.5 Å². The summed E-state index contributed by atoms with van der Waals surface area (Å²) in [6, 6.07) is 18.6. The van der Waals surface area contributed by atoms with E-state index in [1.165, 1.54) is 15.8 Å². The van der Waals surface area contributed by atoms with Crippen molar-refractivity contribution in [3.8, 4) is 5.69 Å². The van der Waals surface area contributed by atoms with E-state index in [0.717, 1.165) is 23.9 Å². The molecule has 28 heavy (non-hydrogen) atoms. The van der Waals surface area contributed by atoms with Gasteiger partial charge in [-0.15, -0.1) is 0 Å². The maximum atomic E-state index is 13.0. The maximum absolute atomic E-state index is 13.0. The highest BCUT2D eigenvalue weighted by Gasteiger charge is 2.26. The Morgan fingerprint density at radius 3 is 2.75 bits per heavy atom. The van der Waals surface area contributed by atoms with Crippen LogP contribution in [0, 0.1) is 0 Å². The SMILES string of the molecule is CN(Cn1ncc2cn(-c3ccccc3)nc2c1=O)[C@@H]1CCc2ccccc21. The van der Waals surface area contributed by atoms with Gasteiger partial charge in [-0.25, -0.2) is 9.36 Å². The minimum atomic E-state index is -0.162. The molecule has 4 aromatic rings. The van der Waals surface area contributed by atoms with Crippen LogP contribution >= 0.6 is 0 Å². The van der Waals surface area contributed by atoms with Crippen molar-refractivity contribution in [1.82, 2.24) is 24.5 Å². The number of hydrogen-bond donors (Lipinski definition) is 0. The fraction of sp³-hybridized carbons (Fsp3) is 0.227. The first-order chi connectivity index (χ1) is 13.7. The molecule has 0 amide bonds. The molecule has 1 aliphatic rings. The van der Waals surface area contributed by atoms with Crippen LogP contribution in [-0.4, -0.2) is 31.5 Å². The molecule has 1 atom stereocenters. The molecule has 0 saturated carbocycles. The average molecular weight is 371 g/mol. The van der Waals surface area contributed by atoms with Crippen LogP contribution in [-0.2, 0) is 13.1 Å². The normalized spacial score (nSPS) is 16.0. The summed E-state index contributed by atoms with van der Waals surface area (Å²) >= 11 is 0. The number of aromatic nitrogens is 4. The minimum absolute atomic E-state index is 0.162.